The van der Waals surface area contributed by atoms with Gasteiger partial charge in [-0.1, -0.05) is 0 Å². The molecule has 0 N–H and O–H groups in total. The van der Waals surface area contributed by atoms with Gasteiger partial charge in [-0.05, 0) is 46.2 Å². The number of aryl methyl sites for hydroxylation is 1. The Morgan fingerprint density at radius 1 is 1.48 bits per heavy atom. The molecular weight excluding hydrogens is 294 g/mol. The van der Waals surface area contributed by atoms with Gasteiger partial charge >= 0.3 is 6.09 Å². The molecule has 116 valence electrons. The van der Waals surface area contributed by atoms with Gasteiger partial charge in [0.15, 0.2) is 0 Å². The van der Waals surface area contributed by atoms with Gasteiger partial charge in [0.25, 0.3) is 0 Å². The number of amides is 1. The van der Waals surface area contributed by atoms with Gasteiger partial charge in [-0.25, -0.2) is 14.8 Å². The Labute approximate surface area is 129 Å². The number of anilines is 1. The first-order valence-corrected chi connectivity index (χ1v) is 7.20. The predicted octanol–water partition coefficient (Wildman–Crippen LogP) is 2.97. The number of ether oxygens (including phenoxy) is 2. The zero-order valence-corrected chi connectivity index (χ0v) is 13.6. The summed E-state index contributed by atoms with van der Waals surface area (Å²) in [6.45, 7) is 9.88. The van der Waals surface area contributed by atoms with Crippen molar-refractivity contribution in [1.29, 1.82) is 0 Å². The number of hydrogen-bond donors (Lipinski definition) is 0. The molecule has 1 aromatic rings. The molecule has 0 spiro atoms. The van der Waals surface area contributed by atoms with Crippen molar-refractivity contribution in [1.82, 2.24) is 9.97 Å². The summed E-state index contributed by atoms with van der Waals surface area (Å²) in [4.78, 5) is 21.6. The molecule has 0 aliphatic carbocycles. The minimum atomic E-state index is -0.446. The molecule has 6 nitrogen and oxygen atoms in total. The normalized spacial score (nSPS) is 20.6. The van der Waals surface area contributed by atoms with E-state index in [4.69, 9.17) is 21.1 Å². The minimum absolute atomic E-state index is 0.104. The second-order valence-corrected chi connectivity index (χ2v) is 6.42. The van der Waals surface area contributed by atoms with Crippen LogP contribution >= 0.6 is 11.6 Å². The minimum Gasteiger partial charge on any atom is -0.447 e. The summed E-state index contributed by atoms with van der Waals surface area (Å²) < 4.78 is 11.1. The van der Waals surface area contributed by atoms with E-state index in [2.05, 4.69) is 9.97 Å². The van der Waals surface area contributed by atoms with Gasteiger partial charge in [-0.2, -0.15) is 0 Å². The molecule has 2 rings (SSSR count). The third-order valence-corrected chi connectivity index (χ3v) is 3.22. The van der Waals surface area contributed by atoms with E-state index >= 15 is 0 Å². The lowest BCUT2D eigenvalue weighted by Gasteiger charge is -2.31. The molecule has 0 aromatic carbocycles. The van der Waals surface area contributed by atoms with Gasteiger partial charge in [0.2, 0.25) is 5.28 Å². The number of carbonyl (C=O) groups excluding carboxylic acids is 1. The van der Waals surface area contributed by atoms with Crippen LogP contribution in [0.2, 0.25) is 5.28 Å². The molecule has 0 radical (unpaired) electrons. The molecule has 1 amide bonds. The quantitative estimate of drug-likeness (QED) is 0.803. The van der Waals surface area contributed by atoms with Crippen LogP contribution in [0, 0.1) is 6.92 Å². The third kappa shape index (κ3) is 3.83. The van der Waals surface area contributed by atoms with E-state index in [0.29, 0.717) is 11.5 Å². The van der Waals surface area contributed by atoms with Crippen molar-refractivity contribution < 1.29 is 14.3 Å². The number of cyclic esters (lactones) is 1. The third-order valence-electron chi connectivity index (χ3n) is 3.05. The molecule has 0 bridgehead atoms. The van der Waals surface area contributed by atoms with Crippen LogP contribution in [-0.2, 0) is 9.47 Å². The van der Waals surface area contributed by atoms with Crippen molar-refractivity contribution in [2.45, 2.75) is 52.4 Å². The van der Waals surface area contributed by atoms with Crippen LogP contribution < -0.4 is 4.90 Å². The number of halogens is 1. The number of hydrogen-bond acceptors (Lipinski definition) is 5. The van der Waals surface area contributed by atoms with Gasteiger partial charge in [-0.3, -0.25) is 4.90 Å². The fourth-order valence-electron chi connectivity index (χ4n) is 2.32. The van der Waals surface area contributed by atoms with E-state index in [1.165, 1.54) is 4.90 Å². The first-order chi connectivity index (χ1) is 9.67. The fourth-order valence-corrected chi connectivity index (χ4v) is 2.54. The first-order valence-electron chi connectivity index (χ1n) is 6.82. The van der Waals surface area contributed by atoms with Gasteiger partial charge in [0, 0.05) is 11.8 Å². The molecule has 7 heteroatoms. The highest BCUT2D eigenvalue weighted by Crippen LogP contribution is 2.27. The summed E-state index contributed by atoms with van der Waals surface area (Å²) in [5, 5.41) is 0.104. The monoisotopic (exact) mass is 313 g/mol. The van der Waals surface area contributed by atoms with Crippen LogP contribution in [0.1, 0.15) is 33.4 Å². The van der Waals surface area contributed by atoms with Crippen LogP contribution in [0.15, 0.2) is 6.07 Å². The predicted molar refractivity (Wildman–Crippen MR) is 79.7 cm³/mol. The molecule has 0 unspecified atom stereocenters. The Morgan fingerprint density at radius 2 is 2.14 bits per heavy atom. The highest BCUT2D eigenvalue weighted by Gasteiger charge is 2.40. The fraction of sp³-hybridized carbons (Fsp3) is 0.643. The topological polar surface area (TPSA) is 64.6 Å². The van der Waals surface area contributed by atoms with Crippen molar-refractivity contribution in [3.05, 3.63) is 17.0 Å². The first kappa shape index (κ1) is 16.0. The number of aromatic nitrogens is 2. The van der Waals surface area contributed by atoms with Gasteiger partial charge in [0.05, 0.1) is 11.7 Å². The van der Waals surface area contributed by atoms with Crippen LogP contribution in [0.3, 0.4) is 0 Å². The summed E-state index contributed by atoms with van der Waals surface area (Å²) in [6.07, 6.45) is -0.649. The van der Waals surface area contributed by atoms with Crippen LogP contribution in [0.5, 0.6) is 0 Å². The summed E-state index contributed by atoms with van der Waals surface area (Å²) in [6, 6.07) is 1.46. The summed E-state index contributed by atoms with van der Waals surface area (Å²) in [7, 11) is 0. The molecule has 1 aliphatic heterocycles. The van der Waals surface area contributed by atoms with Crippen molar-refractivity contribution in [2.24, 2.45) is 0 Å². The lowest BCUT2D eigenvalue weighted by molar-refractivity contribution is -0.0618. The second kappa shape index (κ2) is 5.77. The van der Waals surface area contributed by atoms with E-state index in [1.807, 2.05) is 27.7 Å². The average molecular weight is 314 g/mol. The molecule has 1 aliphatic rings. The molecule has 1 aromatic heterocycles. The van der Waals surface area contributed by atoms with Crippen molar-refractivity contribution in [3.63, 3.8) is 0 Å². The van der Waals surface area contributed by atoms with E-state index < -0.39 is 6.09 Å². The highest BCUT2D eigenvalue weighted by atomic mass is 35.5. The Morgan fingerprint density at radius 3 is 2.71 bits per heavy atom. The SMILES string of the molecule is Cc1cc(N2C(=O)OC[C@@H]2[C@@H](C)OC(C)(C)C)nc(Cl)n1. The summed E-state index contributed by atoms with van der Waals surface area (Å²) in [5.74, 6) is 0.435. The largest absolute Gasteiger partial charge is 0.447 e. The van der Waals surface area contributed by atoms with Crippen molar-refractivity contribution >= 4 is 23.5 Å². The Hall–Kier alpha value is -1.40. The molecule has 1 fully saturated rings. The standard InChI is InChI=1S/C14H20ClN3O3/c1-8-6-11(17-12(15)16-8)18-10(7-20-13(18)19)9(2)21-14(3,4)5/h6,9-10H,7H2,1-5H3/t9-,10-/m1/s1. The Kier molecular flexibility index (Phi) is 4.39. The van der Waals surface area contributed by atoms with E-state index in [0.717, 1.165) is 0 Å². The number of nitrogens with zero attached hydrogens (tertiary/aromatic N) is 3. The van der Waals surface area contributed by atoms with Crippen LogP contribution in [0.25, 0.3) is 0 Å². The van der Waals surface area contributed by atoms with Crippen molar-refractivity contribution in [2.75, 3.05) is 11.5 Å². The zero-order valence-electron chi connectivity index (χ0n) is 12.9. The maximum atomic E-state index is 12.0. The molecule has 1 saturated heterocycles. The number of rotatable bonds is 3. The van der Waals surface area contributed by atoms with Gasteiger partial charge in [0.1, 0.15) is 18.5 Å². The lowest BCUT2D eigenvalue weighted by Crippen LogP contribution is -2.45. The average Bonchev–Trinajstić information content (AvgIpc) is 2.67. The Bertz CT molecular complexity index is 525. The second-order valence-electron chi connectivity index (χ2n) is 6.09. The maximum absolute atomic E-state index is 12.0. The molecule has 0 saturated carbocycles. The lowest BCUT2D eigenvalue weighted by atomic mass is 10.1. The summed E-state index contributed by atoms with van der Waals surface area (Å²) in [5.41, 5.74) is 0.378. The van der Waals surface area contributed by atoms with E-state index in [9.17, 15) is 4.79 Å². The smallest absolute Gasteiger partial charge is 0.416 e. The van der Waals surface area contributed by atoms with Gasteiger partial charge < -0.3 is 9.47 Å². The van der Waals surface area contributed by atoms with Crippen molar-refractivity contribution in [3.8, 4) is 0 Å². The Balaban J connectivity index is 2.28. The van der Waals surface area contributed by atoms with E-state index in [-0.39, 0.29) is 29.6 Å². The zero-order chi connectivity index (χ0) is 15.8. The summed E-state index contributed by atoms with van der Waals surface area (Å²) >= 11 is 5.88. The van der Waals surface area contributed by atoms with Crippen LogP contribution in [-0.4, -0.2) is 40.4 Å². The molecule has 21 heavy (non-hydrogen) atoms. The highest BCUT2D eigenvalue weighted by molar-refractivity contribution is 6.28. The van der Waals surface area contributed by atoms with Gasteiger partial charge in [-0.15, -0.1) is 0 Å². The molecule has 2 heterocycles. The molecule has 2 atom stereocenters. The van der Waals surface area contributed by atoms with Crippen LogP contribution in [0.4, 0.5) is 10.6 Å². The van der Waals surface area contributed by atoms with E-state index in [1.54, 1.807) is 13.0 Å². The number of carbonyl (C=O) groups is 1. The maximum Gasteiger partial charge on any atom is 0.416 e. The molecular formula is C14H20ClN3O3.